The lowest BCUT2D eigenvalue weighted by atomic mass is 10.1. The molecule has 0 radical (unpaired) electrons. The number of urea groups is 1. The minimum absolute atomic E-state index is 0.00651. The predicted molar refractivity (Wildman–Crippen MR) is 107 cm³/mol. The molecular weight excluding hydrogens is 434 g/mol. The van der Waals surface area contributed by atoms with Crippen LogP contribution in [0.25, 0.3) is 0 Å². The van der Waals surface area contributed by atoms with E-state index in [1.165, 1.54) is 0 Å². The number of rotatable bonds is 9. The van der Waals surface area contributed by atoms with Gasteiger partial charge in [-0.05, 0) is 19.4 Å². The van der Waals surface area contributed by atoms with Crippen molar-refractivity contribution >= 4 is 28.2 Å². The molecule has 4 amide bonds. The quantitative estimate of drug-likeness (QED) is 0.265. The fourth-order valence-corrected chi connectivity index (χ4v) is 3.34. The summed E-state index contributed by atoms with van der Waals surface area (Å²) in [5.74, 6) is -0.676. The summed E-state index contributed by atoms with van der Waals surface area (Å²) in [5, 5.41) is 0.444. The number of benzene rings is 1. The maximum atomic E-state index is 12.5. The Hall–Kier alpha value is -2.94. The summed E-state index contributed by atoms with van der Waals surface area (Å²) >= 11 is 0. The highest BCUT2D eigenvalue weighted by molar-refractivity contribution is 7.80. The van der Waals surface area contributed by atoms with E-state index in [2.05, 4.69) is 15.1 Å². The Morgan fingerprint density at radius 1 is 1.29 bits per heavy atom. The molecule has 1 heterocycles. The Kier molecular flexibility index (Phi) is 8.56. The summed E-state index contributed by atoms with van der Waals surface area (Å²) in [5.41, 5.74) is 10.6. The second kappa shape index (κ2) is 10.9. The van der Waals surface area contributed by atoms with Crippen LogP contribution < -0.4 is 21.3 Å². The number of carbonyl (C=O) groups excluding carboxylic acids is 3. The Bertz CT molecular complexity index is 910. The highest BCUT2D eigenvalue weighted by Gasteiger charge is 2.39. The summed E-state index contributed by atoms with van der Waals surface area (Å²) < 4.78 is 40.1. The molecule has 2 rings (SSSR count). The zero-order valence-corrected chi connectivity index (χ0v) is 17.6. The summed E-state index contributed by atoms with van der Waals surface area (Å²) in [6.45, 7) is 1.98. The van der Waals surface area contributed by atoms with Gasteiger partial charge in [-0.1, -0.05) is 18.2 Å². The predicted octanol–water partition coefficient (Wildman–Crippen LogP) is -1.04. The van der Waals surface area contributed by atoms with E-state index >= 15 is 0 Å². The lowest BCUT2D eigenvalue weighted by Crippen LogP contribution is -2.60. The molecule has 0 saturated carbocycles. The van der Waals surface area contributed by atoms with Crippen LogP contribution in [0.3, 0.4) is 0 Å². The van der Waals surface area contributed by atoms with Crippen LogP contribution >= 0.6 is 0 Å². The molecule has 1 aromatic rings. The van der Waals surface area contributed by atoms with Gasteiger partial charge < -0.3 is 15.4 Å². The number of likely N-dealkylation sites (N-methyl/N-ethyl adjacent to an activating group) is 1. The van der Waals surface area contributed by atoms with Crippen molar-refractivity contribution in [2.75, 3.05) is 26.2 Å². The molecule has 5 N–H and O–H groups in total. The lowest BCUT2D eigenvalue weighted by Gasteiger charge is -2.38. The van der Waals surface area contributed by atoms with E-state index in [1.54, 1.807) is 31.2 Å². The van der Waals surface area contributed by atoms with Crippen molar-refractivity contribution in [3.63, 3.8) is 0 Å². The number of nitrogens with two attached hydrogens (primary N) is 1. The van der Waals surface area contributed by atoms with Crippen LogP contribution in [0.4, 0.5) is 4.79 Å². The van der Waals surface area contributed by atoms with E-state index in [0.29, 0.717) is 22.9 Å². The zero-order chi connectivity index (χ0) is 23.0. The highest BCUT2D eigenvalue weighted by atomic mass is 32.3. The minimum Gasteiger partial charge on any atom is -0.492 e. The Morgan fingerprint density at radius 2 is 2.00 bits per heavy atom. The van der Waals surface area contributed by atoms with E-state index in [-0.39, 0.29) is 32.5 Å². The number of ether oxygens (including phenoxy) is 1. The first-order chi connectivity index (χ1) is 14.7. The Balaban J connectivity index is 1.93. The van der Waals surface area contributed by atoms with Gasteiger partial charge in [0.05, 0.1) is 13.0 Å². The Morgan fingerprint density at radius 3 is 2.65 bits per heavy atom. The first kappa shape index (κ1) is 24.3. The maximum absolute atomic E-state index is 12.5. The normalized spacial score (nSPS) is 16.7. The molecule has 0 aromatic heterocycles. The van der Waals surface area contributed by atoms with Crippen LogP contribution in [0.1, 0.15) is 18.9 Å². The fourth-order valence-electron chi connectivity index (χ4n) is 2.97. The average Bonchev–Trinajstić information content (AvgIpc) is 2.71. The van der Waals surface area contributed by atoms with Gasteiger partial charge in [-0.25, -0.2) is 4.79 Å². The molecule has 1 atom stereocenters. The van der Waals surface area contributed by atoms with Crippen LogP contribution in [0.15, 0.2) is 24.3 Å². The third kappa shape index (κ3) is 7.06. The van der Waals surface area contributed by atoms with Crippen molar-refractivity contribution in [3.8, 4) is 5.75 Å². The van der Waals surface area contributed by atoms with Crippen molar-refractivity contribution in [2.24, 2.45) is 5.73 Å². The van der Waals surface area contributed by atoms with Gasteiger partial charge in [0.2, 0.25) is 5.91 Å². The molecule has 1 saturated heterocycles. The van der Waals surface area contributed by atoms with E-state index < -0.39 is 34.3 Å². The molecule has 172 valence electrons. The smallest absolute Gasteiger partial charge is 0.418 e. The molecule has 1 aliphatic heterocycles. The van der Waals surface area contributed by atoms with E-state index in [4.69, 9.17) is 15.0 Å². The minimum atomic E-state index is -4.88. The zero-order valence-electron chi connectivity index (χ0n) is 16.8. The number of nitrogens with zero attached hydrogens (tertiary/aromatic N) is 2. The van der Waals surface area contributed by atoms with Gasteiger partial charge in [0.1, 0.15) is 18.4 Å². The summed E-state index contributed by atoms with van der Waals surface area (Å²) in [4.78, 5) is 38.1. The number of hydroxylamine groups is 2. The topological polar surface area (TPSA) is 181 Å². The molecule has 14 heteroatoms. The molecule has 0 bridgehead atoms. The van der Waals surface area contributed by atoms with Crippen LogP contribution in [-0.4, -0.2) is 73.1 Å². The lowest BCUT2D eigenvalue weighted by molar-refractivity contribution is -0.134. The van der Waals surface area contributed by atoms with E-state index in [0.717, 1.165) is 4.90 Å². The molecule has 13 nitrogen and oxygen atoms in total. The summed E-state index contributed by atoms with van der Waals surface area (Å²) in [6, 6.07) is 5.01. The van der Waals surface area contributed by atoms with Crippen molar-refractivity contribution < 1.29 is 36.4 Å². The molecule has 1 aliphatic rings. The number of carbonyl (C=O) groups is 3. The first-order valence-electron chi connectivity index (χ1n) is 9.40. The third-order valence-corrected chi connectivity index (χ3v) is 4.66. The summed E-state index contributed by atoms with van der Waals surface area (Å²) in [7, 11) is -4.88. The number of para-hydroxylation sites is 1. The van der Waals surface area contributed by atoms with Gasteiger partial charge in [-0.2, -0.15) is 13.5 Å². The largest absolute Gasteiger partial charge is 0.492 e. The molecule has 31 heavy (non-hydrogen) atoms. The standard InChI is InChI=1S/C17H25N5O8S/c1-2-21-13(7-9-22(17(21)25)30-31(26,27)28)16(24)20-19-15(23)11-12-5-3-4-6-14(12)29-10-8-18/h3-6,13H,2,7-11,18H2,1H3,(H,19,23)(H,20,24)(H,26,27,28)/t13-/m0/s1. The van der Waals surface area contributed by atoms with Gasteiger partial charge in [0.15, 0.2) is 0 Å². The molecule has 1 aromatic carbocycles. The molecule has 0 aliphatic carbocycles. The Labute approximate surface area is 179 Å². The summed E-state index contributed by atoms with van der Waals surface area (Å²) in [6.07, 6.45) is -0.0648. The number of amides is 4. The molecule has 0 spiro atoms. The van der Waals surface area contributed by atoms with Gasteiger partial charge >= 0.3 is 16.4 Å². The van der Waals surface area contributed by atoms with Crippen LogP contribution in [0.5, 0.6) is 5.75 Å². The van der Waals surface area contributed by atoms with Crippen molar-refractivity contribution in [2.45, 2.75) is 25.8 Å². The number of nitrogens with one attached hydrogen (secondary N) is 2. The fraction of sp³-hybridized carbons (Fsp3) is 0.471. The second-order valence-corrected chi connectivity index (χ2v) is 7.44. The van der Waals surface area contributed by atoms with Crippen molar-refractivity contribution in [1.29, 1.82) is 0 Å². The SMILES string of the molecule is CCN1C(=O)N(OS(=O)(=O)O)CC[C@H]1C(=O)NNC(=O)Cc1ccccc1OCCN. The van der Waals surface area contributed by atoms with Crippen LogP contribution in [-0.2, 0) is 30.7 Å². The van der Waals surface area contributed by atoms with E-state index in [9.17, 15) is 22.8 Å². The van der Waals surface area contributed by atoms with Gasteiger partial charge in [-0.15, -0.1) is 4.28 Å². The monoisotopic (exact) mass is 459 g/mol. The maximum Gasteiger partial charge on any atom is 0.418 e. The average molecular weight is 459 g/mol. The van der Waals surface area contributed by atoms with Crippen LogP contribution in [0, 0.1) is 0 Å². The third-order valence-electron chi connectivity index (χ3n) is 4.29. The molecule has 0 unspecified atom stereocenters. The number of hydrogen-bond donors (Lipinski definition) is 4. The second-order valence-electron chi connectivity index (χ2n) is 6.44. The highest BCUT2D eigenvalue weighted by Crippen LogP contribution is 2.19. The van der Waals surface area contributed by atoms with E-state index in [1.807, 2.05) is 0 Å². The van der Waals surface area contributed by atoms with Crippen molar-refractivity contribution in [3.05, 3.63) is 29.8 Å². The van der Waals surface area contributed by atoms with Gasteiger partial charge in [0.25, 0.3) is 5.91 Å². The molecular formula is C17H25N5O8S. The number of hydrazine groups is 1. The number of hydrogen-bond acceptors (Lipinski definition) is 8. The molecule has 1 fully saturated rings. The van der Waals surface area contributed by atoms with Gasteiger partial charge in [0, 0.05) is 18.7 Å². The van der Waals surface area contributed by atoms with Crippen molar-refractivity contribution in [1.82, 2.24) is 20.8 Å². The first-order valence-corrected chi connectivity index (χ1v) is 10.8. The van der Waals surface area contributed by atoms with Crippen LogP contribution in [0.2, 0.25) is 0 Å². The van der Waals surface area contributed by atoms with Gasteiger partial charge in [-0.3, -0.25) is 25.0 Å².